The van der Waals surface area contributed by atoms with Crippen LogP contribution in [0.3, 0.4) is 0 Å². The summed E-state index contributed by atoms with van der Waals surface area (Å²) in [4.78, 5) is 0. The highest BCUT2D eigenvalue weighted by atomic mass is 16.5. The molecule has 3 heteroatoms. The third-order valence-electron chi connectivity index (χ3n) is 3.24. The summed E-state index contributed by atoms with van der Waals surface area (Å²) in [6.45, 7) is 4.23. The summed E-state index contributed by atoms with van der Waals surface area (Å²) >= 11 is 0. The molecule has 3 nitrogen and oxygen atoms in total. The van der Waals surface area contributed by atoms with Gasteiger partial charge in [-0.05, 0) is 29.7 Å². The minimum Gasteiger partial charge on any atom is -0.491 e. The van der Waals surface area contributed by atoms with Gasteiger partial charge < -0.3 is 14.8 Å². The third kappa shape index (κ3) is 4.50. The predicted molar refractivity (Wildman–Crippen MR) is 86.7 cm³/mol. The number of anilines is 1. The van der Waals surface area contributed by atoms with Gasteiger partial charge in [0.2, 0.25) is 0 Å². The van der Waals surface area contributed by atoms with Gasteiger partial charge >= 0.3 is 0 Å². The van der Waals surface area contributed by atoms with Crippen LogP contribution in [0.2, 0.25) is 0 Å². The van der Waals surface area contributed by atoms with Crippen LogP contribution in [0.1, 0.15) is 24.5 Å². The van der Waals surface area contributed by atoms with Crippen LogP contribution in [-0.4, -0.2) is 13.7 Å². The number of nitrogens with one attached hydrogen (secondary N) is 1. The van der Waals surface area contributed by atoms with Gasteiger partial charge in [-0.15, -0.1) is 0 Å². The molecular weight excluding hydrogens is 262 g/mol. The summed E-state index contributed by atoms with van der Waals surface area (Å²) in [6.07, 6.45) is 1.00. The maximum absolute atomic E-state index is 5.77. The van der Waals surface area contributed by atoms with Gasteiger partial charge in [0.15, 0.2) is 0 Å². The van der Waals surface area contributed by atoms with E-state index in [0.29, 0.717) is 6.61 Å². The van der Waals surface area contributed by atoms with Crippen LogP contribution in [0.25, 0.3) is 0 Å². The highest BCUT2D eigenvalue weighted by Gasteiger charge is 2.05. The molecule has 0 aliphatic carbocycles. The molecule has 1 N–H and O–H groups in total. The lowest BCUT2D eigenvalue weighted by Crippen LogP contribution is -2.05. The van der Waals surface area contributed by atoms with Crippen molar-refractivity contribution in [2.45, 2.75) is 26.5 Å². The highest BCUT2D eigenvalue weighted by Crippen LogP contribution is 2.25. The average Bonchev–Trinajstić information content (AvgIpc) is 2.53. The molecule has 0 atom stereocenters. The van der Waals surface area contributed by atoms with Crippen molar-refractivity contribution in [3.63, 3.8) is 0 Å². The SMILES string of the molecule is CCCOc1ccccc1NCc1ccccc1COC. The molecule has 0 unspecified atom stereocenters. The summed E-state index contributed by atoms with van der Waals surface area (Å²) in [5.41, 5.74) is 3.47. The van der Waals surface area contributed by atoms with Crippen molar-refractivity contribution in [2.75, 3.05) is 19.0 Å². The second kappa shape index (κ2) is 8.32. The first-order valence-corrected chi connectivity index (χ1v) is 7.36. The van der Waals surface area contributed by atoms with Crippen molar-refractivity contribution in [3.05, 3.63) is 59.7 Å². The Labute approximate surface area is 126 Å². The van der Waals surface area contributed by atoms with Crippen molar-refractivity contribution in [3.8, 4) is 5.75 Å². The van der Waals surface area contributed by atoms with E-state index in [9.17, 15) is 0 Å². The van der Waals surface area contributed by atoms with E-state index in [2.05, 4.69) is 30.4 Å². The van der Waals surface area contributed by atoms with E-state index in [1.165, 1.54) is 11.1 Å². The molecule has 0 aromatic heterocycles. The van der Waals surface area contributed by atoms with E-state index in [1.807, 2.05) is 30.3 Å². The zero-order valence-electron chi connectivity index (χ0n) is 12.8. The number of hydrogen-bond donors (Lipinski definition) is 1. The van der Waals surface area contributed by atoms with Gasteiger partial charge in [0, 0.05) is 13.7 Å². The molecule has 2 aromatic rings. The normalized spacial score (nSPS) is 10.4. The van der Waals surface area contributed by atoms with E-state index in [1.54, 1.807) is 7.11 Å². The molecular formula is C18H23NO2. The molecule has 0 bridgehead atoms. The maximum atomic E-state index is 5.77. The standard InChI is InChI=1S/C18H23NO2/c1-3-12-21-18-11-7-6-10-17(18)19-13-15-8-4-5-9-16(15)14-20-2/h4-11,19H,3,12-14H2,1-2H3. The molecule has 0 heterocycles. The molecule has 0 saturated heterocycles. The zero-order valence-corrected chi connectivity index (χ0v) is 12.8. The molecule has 0 fully saturated rings. The Bertz CT molecular complexity index is 554. The van der Waals surface area contributed by atoms with E-state index in [0.717, 1.165) is 31.0 Å². The van der Waals surface area contributed by atoms with Gasteiger partial charge in [-0.1, -0.05) is 43.3 Å². The Morgan fingerprint density at radius 2 is 1.67 bits per heavy atom. The zero-order chi connectivity index (χ0) is 14.9. The number of para-hydroxylation sites is 2. The predicted octanol–water partition coefficient (Wildman–Crippen LogP) is 4.23. The quantitative estimate of drug-likeness (QED) is 0.787. The number of benzene rings is 2. The van der Waals surface area contributed by atoms with Crippen LogP contribution in [0.15, 0.2) is 48.5 Å². The molecule has 0 spiro atoms. The lowest BCUT2D eigenvalue weighted by atomic mass is 10.1. The van der Waals surface area contributed by atoms with Gasteiger partial charge in [0.05, 0.1) is 18.9 Å². The monoisotopic (exact) mass is 285 g/mol. The van der Waals surface area contributed by atoms with Gasteiger partial charge in [0.1, 0.15) is 5.75 Å². The van der Waals surface area contributed by atoms with Gasteiger partial charge in [-0.2, -0.15) is 0 Å². The first-order chi connectivity index (χ1) is 10.3. The van der Waals surface area contributed by atoms with Crippen LogP contribution >= 0.6 is 0 Å². The van der Waals surface area contributed by atoms with Crippen LogP contribution < -0.4 is 10.1 Å². The topological polar surface area (TPSA) is 30.5 Å². The van der Waals surface area contributed by atoms with Crippen molar-refractivity contribution < 1.29 is 9.47 Å². The molecule has 112 valence electrons. The maximum Gasteiger partial charge on any atom is 0.142 e. The number of ether oxygens (including phenoxy) is 2. The summed E-state index contributed by atoms with van der Waals surface area (Å²) in [5, 5.41) is 3.46. The van der Waals surface area contributed by atoms with E-state index < -0.39 is 0 Å². The highest BCUT2D eigenvalue weighted by molar-refractivity contribution is 5.56. The van der Waals surface area contributed by atoms with Crippen molar-refractivity contribution in [1.29, 1.82) is 0 Å². The summed E-state index contributed by atoms with van der Waals surface area (Å²) < 4.78 is 11.0. The summed E-state index contributed by atoms with van der Waals surface area (Å²) in [7, 11) is 1.72. The fourth-order valence-corrected chi connectivity index (χ4v) is 2.17. The van der Waals surface area contributed by atoms with Crippen molar-refractivity contribution in [2.24, 2.45) is 0 Å². The largest absolute Gasteiger partial charge is 0.491 e. The lowest BCUT2D eigenvalue weighted by Gasteiger charge is -2.14. The van der Waals surface area contributed by atoms with Crippen molar-refractivity contribution in [1.82, 2.24) is 0 Å². The molecule has 0 aliphatic rings. The van der Waals surface area contributed by atoms with Crippen LogP contribution in [0.5, 0.6) is 5.75 Å². The molecule has 0 saturated carbocycles. The molecule has 2 rings (SSSR count). The average molecular weight is 285 g/mol. The van der Waals surface area contributed by atoms with Crippen molar-refractivity contribution >= 4 is 5.69 Å². The van der Waals surface area contributed by atoms with Gasteiger partial charge in [0.25, 0.3) is 0 Å². The van der Waals surface area contributed by atoms with E-state index in [4.69, 9.17) is 9.47 Å². The fraction of sp³-hybridized carbons (Fsp3) is 0.333. The third-order valence-corrected chi connectivity index (χ3v) is 3.24. The Morgan fingerprint density at radius 1 is 0.952 bits per heavy atom. The Balaban J connectivity index is 2.06. The Hall–Kier alpha value is -2.00. The fourth-order valence-electron chi connectivity index (χ4n) is 2.17. The molecule has 0 aliphatic heterocycles. The second-order valence-corrected chi connectivity index (χ2v) is 4.90. The summed E-state index contributed by atoms with van der Waals surface area (Å²) in [5.74, 6) is 0.906. The molecule has 0 amide bonds. The summed E-state index contributed by atoms with van der Waals surface area (Å²) in [6, 6.07) is 16.4. The van der Waals surface area contributed by atoms with E-state index in [-0.39, 0.29) is 0 Å². The van der Waals surface area contributed by atoms with Gasteiger partial charge in [-0.25, -0.2) is 0 Å². The number of hydrogen-bond acceptors (Lipinski definition) is 3. The van der Waals surface area contributed by atoms with Gasteiger partial charge in [-0.3, -0.25) is 0 Å². The molecule has 2 aromatic carbocycles. The van der Waals surface area contributed by atoms with Crippen LogP contribution in [-0.2, 0) is 17.9 Å². The molecule has 21 heavy (non-hydrogen) atoms. The smallest absolute Gasteiger partial charge is 0.142 e. The number of rotatable bonds is 8. The lowest BCUT2D eigenvalue weighted by molar-refractivity contribution is 0.184. The minimum absolute atomic E-state index is 0.631. The Kier molecular flexibility index (Phi) is 6.10. The minimum atomic E-state index is 0.631. The first-order valence-electron chi connectivity index (χ1n) is 7.36. The van der Waals surface area contributed by atoms with E-state index >= 15 is 0 Å². The van der Waals surface area contributed by atoms with Crippen LogP contribution in [0, 0.1) is 0 Å². The second-order valence-electron chi connectivity index (χ2n) is 4.90. The Morgan fingerprint density at radius 3 is 2.43 bits per heavy atom. The number of methoxy groups -OCH3 is 1. The first kappa shape index (κ1) is 15.4. The van der Waals surface area contributed by atoms with Crippen LogP contribution in [0.4, 0.5) is 5.69 Å². The molecule has 0 radical (unpaired) electrons.